The highest BCUT2D eigenvalue weighted by molar-refractivity contribution is 6.74. The first-order chi connectivity index (χ1) is 11.9. The molecule has 4 atom stereocenters. The molecule has 0 radical (unpaired) electrons. The van der Waals surface area contributed by atoms with E-state index in [0.29, 0.717) is 11.7 Å². The first kappa shape index (κ1) is 19.9. The van der Waals surface area contributed by atoms with Crippen LogP contribution in [0.4, 0.5) is 0 Å². The molecular formula is C23H38O2Si. The number of rotatable bonds is 3. The molecule has 0 aromatic rings. The molecule has 0 aromatic carbocycles. The molecule has 3 unspecified atom stereocenters. The monoisotopic (exact) mass is 374 g/mol. The van der Waals surface area contributed by atoms with Gasteiger partial charge in [0.15, 0.2) is 0 Å². The Bertz CT molecular complexity index is 639. The van der Waals surface area contributed by atoms with Gasteiger partial charge in [0, 0.05) is 12.3 Å². The Kier molecular flexibility index (Phi) is 4.87. The van der Waals surface area contributed by atoms with Crippen LogP contribution in [0.3, 0.4) is 0 Å². The maximum absolute atomic E-state index is 12.8. The Morgan fingerprint density at radius 3 is 2.46 bits per heavy atom. The van der Waals surface area contributed by atoms with Crippen LogP contribution in [0.25, 0.3) is 0 Å². The van der Waals surface area contributed by atoms with E-state index in [4.69, 9.17) is 4.43 Å². The second-order valence-electron chi connectivity index (χ2n) is 11.1. The normalized spacial score (nSPS) is 38.1. The fourth-order valence-electron chi connectivity index (χ4n) is 5.25. The van der Waals surface area contributed by atoms with E-state index < -0.39 is 8.32 Å². The summed E-state index contributed by atoms with van der Waals surface area (Å²) in [5.41, 5.74) is 0.341. The predicted molar refractivity (Wildman–Crippen MR) is 111 cm³/mol. The topological polar surface area (TPSA) is 26.3 Å². The molecule has 146 valence electrons. The van der Waals surface area contributed by atoms with Gasteiger partial charge in [-0.25, -0.2) is 0 Å². The summed E-state index contributed by atoms with van der Waals surface area (Å²) in [5.74, 6) is 2.33. The molecule has 3 aliphatic rings. The van der Waals surface area contributed by atoms with Crippen LogP contribution < -0.4 is 0 Å². The van der Waals surface area contributed by atoms with Gasteiger partial charge in [-0.15, -0.1) is 0 Å². The third-order valence-electron chi connectivity index (χ3n) is 8.10. The van der Waals surface area contributed by atoms with Gasteiger partial charge in [-0.05, 0) is 79.1 Å². The Balaban J connectivity index is 1.75. The van der Waals surface area contributed by atoms with E-state index in [-0.39, 0.29) is 21.8 Å². The number of fused-ring (bicyclic) bond motifs is 1. The number of hydrogen-bond acceptors (Lipinski definition) is 2. The summed E-state index contributed by atoms with van der Waals surface area (Å²) in [6, 6.07) is 0. The Labute approximate surface area is 161 Å². The third kappa shape index (κ3) is 3.36. The Morgan fingerprint density at radius 1 is 1.19 bits per heavy atom. The first-order valence-electron chi connectivity index (χ1n) is 10.5. The van der Waals surface area contributed by atoms with Gasteiger partial charge in [0.25, 0.3) is 0 Å². The smallest absolute Gasteiger partial charge is 0.250 e. The summed E-state index contributed by atoms with van der Waals surface area (Å²) in [7, 11) is -1.79. The SMILES string of the molecule is CC12CCCC(=O)C1[C@@H](C1(C)C=CC(O[Si](C)(C)C(C)(C)C)=CC1)CC2. The van der Waals surface area contributed by atoms with E-state index in [1.54, 1.807) is 0 Å². The number of Topliss-reactive ketones (excluding diaryl/α,β-unsaturated/α-hetero) is 1. The van der Waals surface area contributed by atoms with Crippen LogP contribution in [0, 0.1) is 22.7 Å². The molecule has 0 spiro atoms. The van der Waals surface area contributed by atoms with Crippen LogP contribution >= 0.6 is 0 Å². The van der Waals surface area contributed by atoms with Crippen LogP contribution in [0.2, 0.25) is 18.1 Å². The maximum Gasteiger partial charge on any atom is 0.250 e. The summed E-state index contributed by atoms with van der Waals surface area (Å²) < 4.78 is 6.49. The lowest BCUT2D eigenvalue weighted by atomic mass is 9.60. The van der Waals surface area contributed by atoms with Crippen molar-refractivity contribution in [3.63, 3.8) is 0 Å². The van der Waals surface area contributed by atoms with Crippen LogP contribution in [0.5, 0.6) is 0 Å². The van der Waals surface area contributed by atoms with Crippen molar-refractivity contribution in [2.45, 2.75) is 91.3 Å². The second kappa shape index (κ2) is 6.36. The summed E-state index contributed by atoms with van der Waals surface area (Å²) >= 11 is 0. The zero-order valence-corrected chi connectivity index (χ0v) is 18.9. The molecule has 2 saturated carbocycles. The lowest BCUT2D eigenvalue weighted by Gasteiger charge is -2.44. The molecule has 0 N–H and O–H groups in total. The Hall–Kier alpha value is -0.833. The van der Waals surface area contributed by atoms with E-state index in [1.165, 1.54) is 19.3 Å². The summed E-state index contributed by atoms with van der Waals surface area (Å²) in [6.45, 7) is 16.2. The largest absolute Gasteiger partial charge is 0.544 e. The van der Waals surface area contributed by atoms with Crippen LogP contribution in [0.1, 0.15) is 73.1 Å². The molecule has 26 heavy (non-hydrogen) atoms. The maximum atomic E-state index is 12.8. The quantitative estimate of drug-likeness (QED) is 0.517. The van der Waals surface area contributed by atoms with Gasteiger partial charge in [0.2, 0.25) is 8.32 Å². The van der Waals surface area contributed by atoms with Gasteiger partial charge in [-0.1, -0.05) is 40.7 Å². The van der Waals surface area contributed by atoms with Gasteiger partial charge in [0.05, 0.1) is 5.76 Å². The molecule has 3 heteroatoms. The molecule has 0 saturated heterocycles. The van der Waals surface area contributed by atoms with Crippen molar-refractivity contribution in [3.8, 4) is 0 Å². The average molecular weight is 375 g/mol. The van der Waals surface area contributed by atoms with Crippen molar-refractivity contribution in [1.29, 1.82) is 0 Å². The van der Waals surface area contributed by atoms with Gasteiger partial charge in [-0.2, -0.15) is 0 Å². The number of allylic oxidation sites excluding steroid dienone is 3. The van der Waals surface area contributed by atoms with Crippen LogP contribution in [0.15, 0.2) is 24.0 Å². The lowest BCUT2D eigenvalue weighted by Crippen LogP contribution is -2.42. The van der Waals surface area contributed by atoms with E-state index >= 15 is 0 Å². The minimum atomic E-state index is -1.79. The van der Waals surface area contributed by atoms with Crippen LogP contribution in [-0.4, -0.2) is 14.1 Å². The lowest BCUT2D eigenvalue weighted by molar-refractivity contribution is -0.131. The summed E-state index contributed by atoms with van der Waals surface area (Å²) in [6.07, 6.45) is 13.4. The van der Waals surface area contributed by atoms with E-state index in [2.05, 4.69) is 65.9 Å². The molecule has 0 heterocycles. The van der Waals surface area contributed by atoms with Crippen molar-refractivity contribution >= 4 is 14.1 Å². The van der Waals surface area contributed by atoms with Gasteiger partial charge in [0.1, 0.15) is 5.78 Å². The third-order valence-corrected chi connectivity index (χ3v) is 12.5. The van der Waals surface area contributed by atoms with Gasteiger partial charge in [-0.3, -0.25) is 4.79 Å². The fraction of sp³-hybridized carbons (Fsp3) is 0.783. The van der Waals surface area contributed by atoms with Gasteiger partial charge < -0.3 is 4.43 Å². The number of ketones is 1. The molecule has 2 nitrogen and oxygen atoms in total. The molecule has 0 aromatic heterocycles. The minimum absolute atomic E-state index is 0.0930. The zero-order valence-electron chi connectivity index (χ0n) is 17.9. The van der Waals surface area contributed by atoms with Crippen molar-refractivity contribution in [2.75, 3.05) is 0 Å². The molecular weight excluding hydrogens is 336 g/mol. The van der Waals surface area contributed by atoms with E-state index in [9.17, 15) is 4.79 Å². The zero-order chi connectivity index (χ0) is 19.4. The fourth-order valence-corrected chi connectivity index (χ4v) is 6.29. The highest BCUT2D eigenvalue weighted by Gasteiger charge is 2.55. The van der Waals surface area contributed by atoms with Gasteiger partial charge >= 0.3 is 0 Å². The second-order valence-corrected chi connectivity index (χ2v) is 15.8. The number of carbonyl (C=O) groups is 1. The molecule has 3 aliphatic carbocycles. The number of carbonyl (C=O) groups excluding carboxylic acids is 1. The molecule has 0 bridgehead atoms. The highest BCUT2D eigenvalue weighted by Crippen LogP contribution is 2.59. The minimum Gasteiger partial charge on any atom is -0.544 e. The van der Waals surface area contributed by atoms with Crippen LogP contribution in [-0.2, 0) is 9.22 Å². The predicted octanol–water partition coefficient (Wildman–Crippen LogP) is 6.64. The van der Waals surface area contributed by atoms with E-state index in [1.807, 2.05) is 0 Å². The first-order valence-corrected chi connectivity index (χ1v) is 13.4. The Morgan fingerprint density at radius 2 is 1.88 bits per heavy atom. The molecule has 0 aliphatic heterocycles. The molecule has 0 amide bonds. The van der Waals surface area contributed by atoms with E-state index in [0.717, 1.165) is 25.0 Å². The standard InChI is InChI=1S/C23H38O2Si/c1-21(2,3)26(6,7)25-17-10-14-22(4,15-11-17)18-12-16-23(5)13-8-9-19(24)20(18)23/h10-11,14,18,20H,8-9,12-13,15-16H2,1-7H3/t18-,20?,22?,23?/m0/s1. The van der Waals surface area contributed by atoms with Crippen molar-refractivity contribution in [1.82, 2.24) is 0 Å². The summed E-state index contributed by atoms with van der Waals surface area (Å²) in [4.78, 5) is 12.8. The highest BCUT2D eigenvalue weighted by atomic mass is 28.4. The molecule has 2 fully saturated rings. The van der Waals surface area contributed by atoms with Crippen molar-refractivity contribution in [3.05, 3.63) is 24.0 Å². The average Bonchev–Trinajstić information content (AvgIpc) is 2.88. The number of hydrogen-bond donors (Lipinski definition) is 0. The summed E-state index contributed by atoms with van der Waals surface area (Å²) in [5, 5.41) is 0.213. The van der Waals surface area contributed by atoms with Crippen molar-refractivity contribution in [2.24, 2.45) is 22.7 Å². The van der Waals surface area contributed by atoms with Crippen molar-refractivity contribution < 1.29 is 9.22 Å². The molecule has 3 rings (SSSR count).